The number of rotatable bonds is 2. The molecule has 0 saturated carbocycles. The van der Waals surface area contributed by atoms with Gasteiger partial charge in [-0.25, -0.2) is 9.18 Å². The van der Waals surface area contributed by atoms with Crippen LogP contribution in [0.2, 0.25) is 0 Å². The molecule has 0 aromatic carbocycles. The van der Waals surface area contributed by atoms with E-state index in [1.54, 1.807) is 6.08 Å². The number of halogens is 1. The van der Waals surface area contributed by atoms with Crippen LogP contribution in [0.3, 0.4) is 0 Å². The van der Waals surface area contributed by atoms with Crippen molar-refractivity contribution in [2.45, 2.75) is 50.6 Å². The molecular weight excluding hydrogens is 233 g/mol. The molecule has 0 aliphatic heterocycles. The van der Waals surface area contributed by atoms with Crippen molar-refractivity contribution in [3.8, 4) is 0 Å². The van der Waals surface area contributed by atoms with Crippen LogP contribution in [-0.4, -0.2) is 18.1 Å². The van der Waals surface area contributed by atoms with Crippen LogP contribution in [0.4, 0.5) is 9.18 Å². The summed E-state index contributed by atoms with van der Waals surface area (Å²) in [7, 11) is 0. The molecular formula is C13H20FN3O. The van der Waals surface area contributed by atoms with Crippen LogP contribution in [-0.2, 0) is 0 Å². The second-order valence-electron chi connectivity index (χ2n) is 5.00. The van der Waals surface area contributed by atoms with Crippen LogP contribution in [0, 0.1) is 0 Å². The first kappa shape index (κ1) is 12.9. The Morgan fingerprint density at radius 3 is 2.39 bits per heavy atom. The molecule has 0 saturated heterocycles. The van der Waals surface area contributed by atoms with Gasteiger partial charge < -0.3 is 16.4 Å². The van der Waals surface area contributed by atoms with Crippen molar-refractivity contribution < 1.29 is 9.18 Å². The van der Waals surface area contributed by atoms with Gasteiger partial charge in [-0.3, -0.25) is 0 Å². The second kappa shape index (κ2) is 5.89. The van der Waals surface area contributed by atoms with Crippen molar-refractivity contribution >= 4 is 6.03 Å². The Morgan fingerprint density at radius 2 is 1.78 bits per heavy atom. The van der Waals surface area contributed by atoms with Gasteiger partial charge in [0.05, 0.1) is 5.83 Å². The Hall–Kier alpha value is -1.52. The van der Waals surface area contributed by atoms with Crippen molar-refractivity contribution in [3.05, 3.63) is 23.7 Å². The van der Waals surface area contributed by atoms with Crippen molar-refractivity contribution in [1.29, 1.82) is 0 Å². The minimum Gasteiger partial charge on any atom is -0.402 e. The van der Waals surface area contributed by atoms with Gasteiger partial charge >= 0.3 is 6.03 Å². The fraction of sp³-hybridized carbons (Fsp3) is 0.615. The molecule has 2 rings (SSSR count). The maximum atomic E-state index is 13.1. The molecule has 2 aliphatic rings. The monoisotopic (exact) mass is 253 g/mol. The highest BCUT2D eigenvalue weighted by Gasteiger charge is 2.20. The largest absolute Gasteiger partial charge is 0.402 e. The summed E-state index contributed by atoms with van der Waals surface area (Å²) in [4.78, 5) is 11.8. The van der Waals surface area contributed by atoms with E-state index in [1.165, 1.54) is 0 Å². The minimum atomic E-state index is -0.214. The van der Waals surface area contributed by atoms with E-state index in [-0.39, 0.29) is 23.9 Å². The lowest BCUT2D eigenvalue weighted by molar-refractivity contribution is 0.230. The molecule has 100 valence electrons. The first-order valence-electron chi connectivity index (χ1n) is 6.49. The second-order valence-corrected chi connectivity index (χ2v) is 5.00. The van der Waals surface area contributed by atoms with Crippen LogP contribution < -0.4 is 16.4 Å². The van der Waals surface area contributed by atoms with Crippen molar-refractivity contribution in [2.75, 3.05) is 0 Å². The Morgan fingerprint density at radius 1 is 1.17 bits per heavy atom. The van der Waals surface area contributed by atoms with E-state index in [0.717, 1.165) is 25.0 Å². The van der Waals surface area contributed by atoms with E-state index >= 15 is 0 Å². The topological polar surface area (TPSA) is 67.1 Å². The SMILES string of the molecule is NC1=CCCC(NC(=O)NC2CCC=C(F)C2)C1. The van der Waals surface area contributed by atoms with Crippen LogP contribution >= 0.6 is 0 Å². The number of hydrogen-bond donors (Lipinski definition) is 3. The van der Waals surface area contributed by atoms with Crippen molar-refractivity contribution in [2.24, 2.45) is 5.73 Å². The number of carbonyl (C=O) groups is 1. The normalized spacial score (nSPS) is 28.1. The number of allylic oxidation sites excluding steroid dienone is 2. The van der Waals surface area contributed by atoms with E-state index in [9.17, 15) is 9.18 Å². The Bertz CT molecular complexity index is 344. The Balaban J connectivity index is 1.75. The lowest BCUT2D eigenvalue weighted by Gasteiger charge is -2.25. The van der Waals surface area contributed by atoms with Gasteiger partial charge in [0.2, 0.25) is 0 Å². The molecule has 4 N–H and O–H groups in total. The molecule has 2 unspecified atom stereocenters. The van der Waals surface area contributed by atoms with Crippen molar-refractivity contribution in [1.82, 2.24) is 10.6 Å². The Kier molecular flexibility index (Phi) is 4.23. The van der Waals surface area contributed by atoms with Gasteiger partial charge in [0.1, 0.15) is 0 Å². The zero-order valence-corrected chi connectivity index (χ0v) is 10.4. The zero-order chi connectivity index (χ0) is 13.0. The molecule has 5 heteroatoms. The quantitative estimate of drug-likeness (QED) is 0.705. The highest BCUT2D eigenvalue weighted by atomic mass is 19.1. The smallest absolute Gasteiger partial charge is 0.315 e. The Labute approximate surface area is 106 Å². The fourth-order valence-corrected chi connectivity index (χ4v) is 2.46. The lowest BCUT2D eigenvalue weighted by Crippen LogP contribution is -2.47. The summed E-state index contributed by atoms with van der Waals surface area (Å²) >= 11 is 0. The summed E-state index contributed by atoms with van der Waals surface area (Å²) < 4.78 is 13.1. The molecule has 0 fully saturated rings. The maximum absolute atomic E-state index is 13.1. The van der Waals surface area contributed by atoms with E-state index in [2.05, 4.69) is 10.6 Å². The molecule has 2 atom stereocenters. The van der Waals surface area contributed by atoms with Crippen LogP contribution in [0.5, 0.6) is 0 Å². The van der Waals surface area contributed by atoms with Crippen molar-refractivity contribution in [3.63, 3.8) is 0 Å². The predicted molar refractivity (Wildman–Crippen MR) is 68.4 cm³/mol. The summed E-state index contributed by atoms with van der Waals surface area (Å²) in [6, 6.07) is -0.208. The van der Waals surface area contributed by atoms with E-state index in [4.69, 9.17) is 5.73 Å². The lowest BCUT2D eigenvalue weighted by atomic mass is 9.99. The van der Waals surface area contributed by atoms with Gasteiger partial charge in [-0.05, 0) is 25.7 Å². The number of urea groups is 1. The molecule has 18 heavy (non-hydrogen) atoms. The van der Waals surface area contributed by atoms with Crippen LogP contribution in [0.25, 0.3) is 0 Å². The van der Waals surface area contributed by atoms with Crippen LogP contribution in [0.15, 0.2) is 23.7 Å². The molecule has 0 aromatic rings. The van der Waals surface area contributed by atoms with Gasteiger partial charge in [0.25, 0.3) is 0 Å². The van der Waals surface area contributed by atoms with Gasteiger partial charge in [-0.1, -0.05) is 12.2 Å². The van der Waals surface area contributed by atoms with E-state index < -0.39 is 0 Å². The highest BCUT2D eigenvalue weighted by Crippen LogP contribution is 2.19. The molecule has 0 aromatic heterocycles. The molecule has 2 amide bonds. The fourth-order valence-electron chi connectivity index (χ4n) is 2.46. The standard InChI is InChI=1S/C13H20FN3O/c14-9-3-1-5-11(7-9)16-13(18)17-12-6-2-4-10(15)8-12/h3-4,11-12H,1-2,5-8,15H2,(H2,16,17,18). The third-order valence-corrected chi connectivity index (χ3v) is 3.40. The van der Waals surface area contributed by atoms with E-state index in [0.29, 0.717) is 19.3 Å². The van der Waals surface area contributed by atoms with Gasteiger partial charge in [-0.2, -0.15) is 0 Å². The predicted octanol–water partition coefficient (Wildman–Crippen LogP) is 2.09. The number of carbonyl (C=O) groups excluding carboxylic acids is 1. The number of hydrogen-bond acceptors (Lipinski definition) is 2. The summed E-state index contributed by atoms with van der Waals surface area (Å²) in [6.45, 7) is 0. The highest BCUT2D eigenvalue weighted by molar-refractivity contribution is 5.74. The van der Waals surface area contributed by atoms with Gasteiger partial charge in [-0.15, -0.1) is 0 Å². The number of nitrogens with two attached hydrogens (primary N) is 1. The number of nitrogens with one attached hydrogen (secondary N) is 2. The summed E-state index contributed by atoms with van der Waals surface area (Å²) in [5.41, 5.74) is 6.57. The molecule has 0 bridgehead atoms. The van der Waals surface area contributed by atoms with Gasteiger partial charge in [0, 0.05) is 30.6 Å². The molecule has 2 aliphatic carbocycles. The average Bonchev–Trinajstić information content (AvgIpc) is 2.28. The third-order valence-electron chi connectivity index (χ3n) is 3.40. The van der Waals surface area contributed by atoms with Crippen LogP contribution in [0.1, 0.15) is 38.5 Å². The number of amides is 2. The first-order valence-corrected chi connectivity index (χ1v) is 6.49. The van der Waals surface area contributed by atoms with E-state index in [1.807, 2.05) is 6.08 Å². The molecule has 0 heterocycles. The third kappa shape index (κ3) is 3.75. The maximum Gasteiger partial charge on any atom is 0.315 e. The first-order chi connectivity index (χ1) is 8.63. The molecule has 4 nitrogen and oxygen atoms in total. The zero-order valence-electron chi connectivity index (χ0n) is 10.4. The summed E-state index contributed by atoms with van der Waals surface area (Å²) in [5, 5.41) is 5.72. The summed E-state index contributed by atoms with van der Waals surface area (Å²) in [6.07, 6.45) is 7.89. The molecule has 0 radical (unpaired) electrons. The summed E-state index contributed by atoms with van der Waals surface area (Å²) in [5.74, 6) is -0.128. The average molecular weight is 253 g/mol. The molecule has 0 spiro atoms. The van der Waals surface area contributed by atoms with Gasteiger partial charge in [0.15, 0.2) is 0 Å². The minimum absolute atomic E-state index is 0.0912.